The number of ether oxygens (including phenoxy) is 1. The first kappa shape index (κ1) is 13.6. The Balaban J connectivity index is 2.40. The number of hydrogen-bond acceptors (Lipinski definition) is 3. The molecule has 0 bridgehead atoms. The van der Waals surface area contributed by atoms with E-state index < -0.39 is 0 Å². The van der Waals surface area contributed by atoms with Gasteiger partial charge in [-0.15, -0.1) is 0 Å². The summed E-state index contributed by atoms with van der Waals surface area (Å²) in [4.78, 5) is 25.4. The largest absolute Gasteiger partial charge is 0.482 e. The van der Waals surface area contributed by atoms with Crippen molar-refractivity contribution in [3.8, 4) is 5.75 Å². The predicted molar refractivity (Wildman–Crippen MR) is 73.7 cm³/mol. The maximum atomic E-state index is 12.0. The van der Waals surface area contributed by atoms with E-state index in [1.807, 2.05) is 6.92 Å². The second kappa shape index (κ2) is 5.43. The molecule has 0 aromatic heterocycles. The SMILES string of the molecule is CCC(=O)c1ccc2c(c1)N(CC(C)C)C(=O)CO2. The molecule has 1 aromatic carbocycles. The van der Waals surface area contributed by atoms with E-state index in [4.69, 9.17) is 4.74 Å². The maximum Gasteiger partial charge on any atom is 0.265 e. The smallest absolute Gasteiger partial charge is 0.265 e. The topological polar surface area (TPSA) is 46.6 Å². The number of ketones is 1. The number of hydrogen-bond donors (Lipinski definition) is 0. The summed E-state index contributed by atoms with van der Waals surface area (Å²) in [5.41, 5.74) is 1.34. The molecule has 0 saturated carbocycles. The highest BCUT2D eigenvalue weighted by atomic mass is 16.5. The molecule has 1 aliphatic heterocycles. The maximum absolute atomic E-state index is 12.0. The van der Waals surface area contributed by atoms with Gasteiger partial charge in [0.1, 0.15) is 5.75 Å². The number of amides is 1. The number of anilines is 1. The molecule has 1 amide bonds. The average molecular weight is 261 g/mol. The number of carbonyl (C=O) groups is 2. The number of carbonyl (C=O) groups excluding carboxylic acids is 2. The Bertz CT molecular complexity index is 508. The fourth-order valence-corrected chi connectivity index (χ4v) is 2.15. The van der Waals surface area contributed by atoms with Gasteiger partial charge in [0, 0.05) is 18.5 Å². The Morgan fingerprint density at radius 2 is 2.16 bits per heavy atom. The number of nitrogens with zero attached hydrogens (tertiary/aromatic N) is 1. The lowest BCUT2D eigenvalue weighted by atomic mass is 10.1. The quantitative estimate of drug-likeness (QED) is 0.783. The van der Waals surface area contributed by atoms with Crippen LogP contribution >= 0.6 is 0 Å². The number of benzene rings is 1. The van der Waals surface area contributed by atoms with E-state index in [0.717, 1.165) is 0 Å². The van der Waals surface area contributed by atoms with Gasteiger partial charge in [0.25, 0.3) is 5.91 Å². The second-order valence-electron chi connectivity index (χ2n) is 5.15. The predicted octanol–water partition coefficient (Wildman–Crippen LogP) is 2.66. The van der Waals surface area contributed by atoms with Crippen LogP contribution < -0.4 is 9.64 Å². The third-order valence-electron chi connectivity index (χ3n) is 3.09. The van der Waals surface area contributed by atoms with Crippen molar-refractivity contribution >= 4 is 17.4 Å². The van der Waals surface area contributed by atoms with Crippen molar-refractivity contribution < 1.29 is 14.3 Å². The highest BCUT2D eigenvalue weighted by Crippen LogP contribution is 2.33. The monoisotopic (exact) mass is 261 g/mol. The van der Waals surface area contributed by atoms with Crippen LogP contribution in [0, 0.1) is 5.92 Å². The Kier molecular flexibility index (Phi) is 3.88. The fourth-order valence-electron chi connectivity index (χ4n) is 2.15. The van der Waals surface area contributed by atoms with Gasteiger partial charge in [0.05, 0.1) is 5.69 Å². The lowest BCUT2D eigenvalue weighted by Crippen LogP contribution is -2.41. The molecule has 2 rings (SSSR count). The van der Waals surface area contributed by atoms with Crippen LogP contribution in [0.15, 0.2) is 18.2 Å². The first-order valence-corrected chi connectivity index (χ1v) is 6.63. The lowest BCUT2D eigenvalue weighted by Gasteiger charge is -2.31. The first-order valence-electron chi connectivity index (χ1n) is 6.63. The van der Waals surface area contributed by atoms with E-state index in [1.165, 1.54) is 0 Å². The average Bonchev–Trinajstić information content (AvgIpc) is 2.40. The van der Waals surface area contributed by atoms with E-state index in [9.17, 15) is 9.59 Å². The second-order valence-corrected chi connectivity index (χ2v) is 5.15. The summed E-state index contributed by atoms with van der Waals surface area (Å²) >= 11 is 0. The molecule has 1 aromatic rings. The molecule has 0 aliphatic carbocycles. The minimum Gasteiger partial charge on any atom is -0.482 e. The highest BCUT2D eigenvalue weighted by molar-refractivity contribution is 6.01. The van der Waals surface area contributed by atoms with Crippen LogP contribution in [0.1, 0.15) is 37.6 Å². The van der Waals surface area contributed by atoms with Gasteiger partial charge in [-0.25, -0.2) is 0 Å². The molecule has 1 aliphatic rings. The molecule has 19 heavy (non-hydrogen) atoms. The first-order chi connectivity index (χ1) is 9.02. The molecule has 1 heterocycles. The van der Waals surface area contributed by atoms with Gasteiger partial charge in [-0.05, 0) is 24.1 Å². The van der Waals surface area contributed by atoms with Gasteiger partial charge in [0.15, 0.2) is 12.4 Å². The minimum absolute atomic E-state index is 0.0534. The molecule has 0 saturated heterocycles. The lowest BCUT2D eigenvalue weighted by molar-refractivity contribution is -0.121. The molecule has 0 N–H and O–H groups in total. The third-order valence-corrected chi connectivity index (χ3v) is 3.09. The molecule has 0 radical (unpaired) electrons. The third kappa shape index (κ3) is 2.78. The Morgan fingerprint density at radius 3 is 2.79 bits per heavy atom. The molecular weight excluding hydrogens is 242 g/mol. The van der Waals surface area contributed by atoms with Crippen LogP contribution in [-0.2, 0) is 4.79 Å². The van der Waals surface area contributed by atoms with Crippen molar-refractivity contribution in [2.45, 2.75) is 27.2 Å². The summed E-state index contributed by atoms with van der Waals surface area (Å²) < 4.78 is 5.41. The summed E-state index contributed by atoms with van der Waals surface area (Å²) in [6.45, 7) is 6.65. The molecule has 0 atom stereocenters. The number of rotatable bonds is 4. The molecular formula is C15H19NO3. The van der Waals surface area contributed by atoms with Crippen molar-refractivity contribution in [2.24, 2.45) is 5.92 Å². The number of fused-ring (bicyclic) bond motifs is 1. The van der Waals surface area contributed by atoms with Crippen molar-refractivity contribution in [1.29, 1.82) is 0 Å². The standard InChI is InChI=1S/C15H19NO3/c1-4-13(17)11-5-6-14-12(7-11)16(8-10(2)3)15(18)9-19-14/h5-7,10H,4,8-9H2,1-3H3. The van der Waals surface area contributed by atoms with Crippen molar-refractivity contribution in [1.82, 2.24) is 0 Å². The summed E-state index contributed by atoms with van der Waals surface area (Å²) in [7, 11) is 0. The van der Waals surface area contributed by atoms with Crippen LogP contribution in [0.4, 0.5) is 5.69 Å². The van der Waals surface area contributed by atoms with E-state index in [1.54, 1.807) is 23.1 Å². The van der Waals surface area contributed by atoms with E-state index in [2.05, 4.69) is 13.8 Å². The van der Waals surface area contributed by atoms with Crippen LogP contribution in [0.3, 0.4) is 0 Å². The van der Waals surface area contributed by atoms with E-state index in [0.29, 0.717) is 35.9 Å². The summed E-state index contributed by atoms with van der Waals surface area (Å²) in [5, 5.41) is 0. The van der Waals surface area contributed by atoms with Gasteiger partial charge < -0.3 is 9.64 Å². The molecule has 4 heteroatoms. The van der Waals surface area contributed by atoms with Crippen molar-refractivity contribution in [3.05, 3.63) is 23.8 Å². The zero-order chi connectivity index (χ0) is 14.0. The molecule has 102 valence electrons. The Morgan fingerprint density at radius 1 is 1.42 bits per heavy atom. The summed E-state index contributed by atoms with van der Waals surface area (Å²) in [5.74, 6) is 1.06. The van der Waals surface area contributed by atoms with Crippen molar-refractivity contribution in [3.63, 3.8) is 0 Å². The Labute approximate surface area is 113 Å². The van der Waals surface area contributed by atoms with Crippen LogP contribution in [0.25, 0.3) is 0 Å². The van der Waals surface area contributed by atoms with E-state index >= 15 is 0 Å². The summed E-state index contributed by atoms with van der Waals surface area (Å²) in [6.07, 6.45) is 0.456. The zero-order valence-corrected chi connectivity index (χ0v) is 11.6. The van der Waals surface area contributed by atoms with Crippen molar-refractivity contribution in [2.75, 3.05) is 18.1 Å². The fraction of sp³-hybridized carbons (Fsp3) is 0.467. The van der Waals surface area contributed by atoms with Gasteiger partial charge in [-0.2, -0.15) is 0 Å². The summed E-state index contributed by atoms with van der Waals surface area (Å²) in [6, 6.07) is 5.30. The van der Waals surface area contributed by atoms with E-state index in [-0.39, 0.29) is 18.3 Å². The van der Waals surface area contributed by atoms with Gasteiger partial charge in [-0.1, -0.05) is 20.8 Å². The minimum atomic E-state index is -0.0534. The normalized spacial score (nSPS) is 14.3. The molecule has 0 unspecified atom stereocenters. The zero-order valence-electron chi connectivity index (χ0n) is 11.6. The number of Topliss-reactive ketones (excluding diaryl/α,β-unsaturated/α-hetero) is 1. The Hall–Kier alpha value is -1.84. The van der Waals surface area contributed by atoms with Crippen LogP contribution in [0.2, 0.25) is 0 Å². The molecule has 0 fully saturated rings. The molecule has 4 nitrogen and oxygen atoms in total. The molecule has 0 spiro atoms. The van der Waals surface area contributed by atoms with Gasteiger partial charge >= 0.3 is 0 Å². The van der Waals surface area contributed by atoms with Gasteiger partial charge in [-0.3, -0.25) is 9.59 Å². The van der Waals surface area contributed by atoms with Gasteiger partial charge in [0.2, 0.25) is 0 Å². The highest BCUT2D eigenvalue weighted by Gasteiger charge is 2.26. The van der Waals surface area contributed by atoms with Crippen LogP contribution in [-0.4, -0.2) is 24.8 Å². The van der Waals surface area contributed by atoms with Crippen LogP contribution in [0.5, 0.6) is 5.75 Å².